The molecule has 0 aliphatic carbocycles. The van der Waals surface area contributed by atoms with Crippen LogP contribution in [-0.2, 0) is 0 Å². The molecule has 8 nitrogen and oxygen atoms in total. The number of nitrogens with zero attached hydrogens (tertiary/aromatic N) is 4. The highest BCUT2D eigenvalue weighted by molar-refractivity contribution is 5.72. The van der Waals surface area contributed by atoms with Crippen molar-refractivity contribution in [1.29, 1.82) is 0 Å². The van der Waals surface area contributed by atoms with Gasteiger partial charge in [0.1, 0.15) is 0 Å². The summed E-state index contributed by atoms with van der Waals surface area (Å²) in [6.45, 7) is 1.99. The molecular weight excluding hydrogens is 258 g/mol. The number of azo groups is 1. The van der Waals surface area contributed by atoms with Crippen LogP contribution in [-0.4, -0.2) is 19.9 Å². The number of nitrogen functional groups attached to an aromatic ring is 1. The van der Waals surface area contributed by atoms with E-state index < -0.39 is 5.56 Å². The molecule has 0 fully saturated rings. The highest BCUT2D eigenvalue weighted by atomic mass is 16.1. The van der Waals surface area contributed by atoms with Gasteiger partial charge < -0.3 is 10.7 Å². The number of hydrogen-bond donors (Lipinski definition) is 3. The van der Waals surface area contributed by atoms with Crippen LogP contribution in [0.25, 0.3) is 11.2 Å². The van der Waals surface area contributed by atoms with Crippen LogP contribution >= 0.6 is 0 Å². The summed E-state index contributed by atoms with van der Waals surface area (Å²) in [7, 11) is 0. The number of aromatic amines is 2. The average Bonchev–Trinajstić information content (AvgIpc) is 2.81. The highest BCUT2D eigenvalue weighted by Crippen LogP contribution is 2.17. The number of fused-ring (bicyclic) bond motifs is 1. The van der Waals surface area contributed by atoms with Gasteiger partial charge in [0, 0.05) is 0 Å². The van der Waals surface area contributed by atoms with Crippen LogP contribution in [0.2, 0.25) is 0 Å². The number of benzene rings is 1. The predicted molar refractivity (Wildman–Crippen MR) is 74.3 cm³/mol. The SMILES string of the molecule is Cc1ccc(/N=N/c2nc3c(=O)[nH]c(N)nc3[nH]2)cc1. The zero-order chi connectivity index (χ0) is 14.1. The average molecular weight is 269 g/mol. The summed E-state index contributed by atoms with van der Waals surface area (Å²) in [4.78, 5) is 24.7. The van der Waals surface area contributed by atoms with Crippen molar-refractivity contribution in [1.82, 2.24) is 19.9 Å². The summed E-state index contributed by atoms with van der Waals surface area (Å²) in [6, 6.07) is 7.54. The third kappa shape index (κ3) is 2.26. The second-order valence-corrected chi connectivity index (χ2v) is 4.24. The van der Waals surface area contributed by atoms with Gasteiger partial charge in [0.05, 0.1) is 5.69 Å². The lowest BCUT2D eigenvalue weighted by Crippen LogP contribution is -2.10. The van der Waals surface area contributed by atoms with Gasteiger partial charge >= 0.3 is 0 Å². The molecule has 100 valence electrons. The first-order valence-electron chi connectivity index (χ1n) is 5.86. The van der Waals surface area contributed by atoms with Crippen molar-refractivity contribution in [2.45, 2.75) is 6.92 Å². The van der Waals surface area contributed by atoms with Crippen LogP contribution < -0.4 is 11.3 Å². The van der Waals surface area contributed by atoms with E-state index in [2.05, 4.69) is 30.2 Å². The zero-order valence-electron chi connectivity index (χ0n) is 10.6. The molecule has 0 aliphatic heterocycles. The number of H-pyrrole nitrogens is 2. The number of hydrogen-bond acceptors (Lipinski definition) is 6. The first-order chi connectivity index (χ1) is 9.61. The highest BCUT2D eigenvalue weighted by Gasteiger charge is 2.08. The van der Waals surface area contributed by atoms with Gasteiger partial charge in [-0.05, 0) is 19.1 Å². The molecule has 0 saturated heterocycles. The van der Waals surface area contributed by atoms with Crippen LogP contribution in [0.4, 0.5) is 17.6 Å². The van der Waals surface area contributed by atoms with Crippen molar-refractivity contribution < 1.29 is 0 Å². The molecule has 0 atom stereocenters. The van der Waals surface area contributed by atoms with Crippen molar-refractivity contribution in [3.8, 4) is 0 Å². The van der Waals surface area contributed by atoms with Crippen LogP contribution in [0.15, 0.2) is 39.3 Å². The Morgan fingerprint density at radius 3 is 2.60 bits per heavy atom. The molecule has 3 aromatic rings. The van der Waals surface area contributed by atoms with Gasteiger partial charge in [-0.3, -0.25) is 9.78 Å². The van der Waals surface area contributed by atoms with Crippen molar-refractivity contribution in [2.75, 3.05) is 5.73 Å². The van der Waals surface area contributed by atoms with Gasteiger partial charge in [0.25, 0.3) is 5.56 Å². The van der Waals surface area contributed by atoms with E-state index in [9.17, 15) is 4.79 Å². The number of anilines is 1. The standard InChI is InChI=1S/C12H11N7O/c1-6-2-4-7(5-3-6)18-19-12-14-8-9(16-12)15-11(13)17-10(8)20/h2-5H,1H3,(H4,13,14,15,16,17,20)/b19-18+. The quantitative estimate of drug-likeness (QED) is 0.614. The first kappa shape index (κ1) is 12.0. The molecule has 0 spiro atoms. The van der Waals surface area contributed by atoms with E-state index in [0.29, 0.717) is 5.69 Å². The minimum absolute atomic E-state index is 0.0215. The largest absolute Gasteiger partial charge is 0.369 e. The van der Waals surface area contributed by atoms with Crippen molar-refractivity contribution in [3.63, 3.8) is 0 Å². The number of aromatic nitrogens is 4. The van der Waals surface area contributed by atoms with Gasteiger partial charge in [0.2, 0.25) is 11.9 Å². The van der Waals surface area contributed by atoms with Crippen molar-refractivity contribution >= 4 is 28.7 Å². The van der Waals surface area contributed by atoms with Gasteiger partial charge in [0.15, 0.2) is 11.2 Å². The van der Waals surface area contributed by atoms with E-state index in [4.69, 9.17) is 5.73 Å². The number of rotatable bonds is 2. The van der Waals surface area contributed by atoms with Crippen molar-refractivity contribution in [2.24, 2.45) is 10.2 Å². The topological polar surface area (TPSA) is 125 Å². The van der Waals surface area contributed by atoms with E-state index >= 15 is 0 Å². The Morgan fingerprint density at radius 1 is 1.10 bits per heavy atom. The number of aryl methyl sites for hydroxylation is 1. The Hall–Kier alpha value is -3.03. The third-order valence-electron chi connectivity index (χ3n) is 2.66. The lowest BCUT2D eigenvalue weighted by atomic mass is 10.2. The number of nitrogens with one attached hydrogen (secondary N) is 2. The van der Waals surface area contributed by atoms with Gasteiger partial charge in [-0.2, -0.15) is 4.98 Å². The van der Waals surface area contributed by atoms with Gasteiger partial charge in [-0.25, -0.2) is 4.98 Å². The Labute approximate surface area is 112 Å². The fourth-order valence-corrected chi connectivity index (χ4v) is 1.68. The van der Waals surface area contributed by atoms with E-state index in [1.54, 1.807) is 0 Å². The first-order valence-corrected chi connectivity index (χ1v) is 5.86. The minimum atomic E-state index is -0.416. The number of nitrogens with two attached hydrogens (primary N) is 1. The third-order valence-corrected chi connectivity index (χ3v) is 2.66. The molecule has 0 bridgehead atoms. The fourth-order valence-electron chi connectivity index (χ4n) is 1.68. The van der Waals surface area contributed by atoms with Crippen LogP contribution in [0, 0.1) is 6.92 Å². The molecule has 3 rings (SSSR count). The Morgan fingerprint density at radius 2 is 1.85 bits per heavy atom. The summed E-state index contributed by atoms with van der Waals surface area (Å²) < 4.78 is 0. The fraction of sp³-hybridized carbons (Fsp3) is 0.0833. The van der Waals surface area contributed by atoms with Crippen molar-refractivity contribution in [3.05, 3.63) is 40.2 Å². The van der Waals surface area contributed by atoms with Crippen LogP contribution in [0.3, 0.4) is 0 Å². The Kier molecular flexibility index (Phi) is 2.75. The molecule has 20 heavy (non-hydrogen) atoms. The van der Waals surface area contributed by atoms with Gasteiger partial charge in [-0.1, -0.05) is 17.7 Å². The molecule has 2 aromatic heterocycles. The summed E-state index contributed by atoms with van der Waals surface area (Å²) in [6.07, 6.45) is 0. The Bertz CT molecular complexity index is 844. The number of imidazole rings is 1. The normalized spacial score (nSPS) is 11.4. The maximum Gasteiger partial charge on any atom is 0.280 e. The Balaban J connectivity index is 1.97. The molecule has 2 heterocycles. The molecule has 0 aliphatic rings. The summed E-state index contributed by atoms with van der Waals surface area (Å²) in [5.41, 5.74) is 7.29. The second-order valence-electron chi connectivity index (χ2n) is 4.24. The zero-order valence-corrected chi connectivity index (χ0v) is 10.6. The van der Waals surface area contributed by atoms with Gasteiger partial charge in [-0.15, -0.1) is 10.2 Å². The lowest BCUT2D eigenvalue weighted by molar-refractivity contribution is 1.13. The maximum absolute atomic E-state index is 11.6. The summed E-state index contributed by atoms with van der Waals surface area (Å²) >= 11 is 0. The molecule has 8 heteroatoms. The van der Waals surface area contributed by atoms with E-state index in [1.165, 1.54) is 0 Å². The molecule has 0 unspecified atom stereocenters. The predicted octanol–water partition coefficient (Wildman–Crippen LogP) is 1.95. The second kappa shape index (κ2) is 4.57. The molecule has 0 saturated carbocycles. The molecule has 0 radical (unpaired) electrons. The summed E-state index contributed by atoms with van der Waals surface area (Å²) in [5, 5.41) is 7.96. The maximum atomic E-state index is 11.6. The van der Waals surface area contributed by atoms with E-state index in [0.717, 1.165) is 5.56 Å². The molecular formula is C12H11N7O. The molecule has 1 aromatic carbocycles. The lowest BCUT2D eigenvalue weighted by Gasteiger charge is -1.92. The van der Waals surface area contributed by atoms with Crippen LogP contribution in [0.5, 0.6) is 0 Å². The van der Waals surface area contributed by atoms with E-state index in [-0.39, 0.29) is 23.1 Å². The van der Waals surface area contributed by atoms with Crippen LogP contribution in [0.1, 0.15) is 5.56 Å². The summed E-state index contributed by atoms with van der Waals surface area (Å²) in [5.74, 6) is 0.220. The molecule has 0 amide bonds. The monoisotopic (exact) mass is 269 g/mol. The molecule has 4 N–H and O–H groups in total. The minimum Gasteiger partial charge on any atom is -0.369 e. The van der Waals surface area contributed by atoms with E-state index in [1.807, 2.05) is 31.2 Å². The smallest absolute Gasteiger partial charge is 0.280 e.